The molecule has 0 amide bonds. The first-order valence-corrected chi connectivity index (χ1v) is 5.74. The van der Waals surface area contributed by atoms with Gasteiger partial charge >= 0.3 is 0 Å². The average molecular weight is 226 g/mol. The molecule has 0 heterocycles. The average Bonchev–Trinajstić information content (AvgIpc) is 2.63. The lowest BCUT2D eigenvalue weighted by Crippen LogP contribution is -2.32. The Kier molecular flexibility index (Phi) is 3.29. The summed E-state index contributed by atoms with van der Waals surface area (Å²) < 4.78 is 0. The fourth-order valence-corrected chi connectivity index (χ4v) is 2.46. The second-order valence-electron chi connectivity index (χ2n) is 4.15. The number of rotatable bonds is 3. The number of aliphatic hydroxyl groups excluding tert-OH is 1. The van der Waals surface area contributed by atoms with E-state index < -0.39 is 0 Å². The van der Waals surface area contributed by atoms with E-state index >= 15 is 0 Å². The third-order valence-corrected chi connectivity index (χ3v) is 3.33. The topological polar surface area (TPSA) is 32.3 Å². The number of hydrogen-bond acceptors (Lipinski definition) is 2. The van der Waals surface area contributed by atoms with Crippen molar-refractivity contribution < 1.29 is 5.11 Å². The Morgan fingerprint density at radius 2 is 2.40 bits per heavy atom. The lowest BCUT2D eigenvalue weighted by atomic mass is 10.1. The Bertz CT molecular complexity index is 353. The van der Waals surface area contributed by atoms with Gasteiger partial charge in [-0.15, -0.1) is 0 Å². The van der Waals surface area contributed by atoms with Gasteiger partial charge in [-0.25, -0.2) is 0 Å². The van der Waals surface area contributed by atoms with E-state index in [-0.39, 0.29) is 12.6 Å². The first-order valence-electron chi connectivity index (χ1n) is 5.36. The standard InChI is InChI=1S/C12H16ClNO/c1-8(7-15)14-12-6-5-9-10(12)3-2-4-11(9)13/h2-4,8,12,14-15H,5-7H2,1H3/t8-,12?/m0/s1. The van der Waals surface area contributed by atoms with Gasteiger partial charge in [-0.05, 0) is 37.0 Å². The summed E-state index contributed by atoms with van der Waals surface area (Å²) in [7, 11) is 0. The molecule has 2 atom stereocenters. The van der Waals surface area contributed by atoms with Crippen molar-refractivity contribution in [1.29, 1.82) is 0 Å². The Balaban J connectivity index is 2.18. The molecule has 1 aromatic carbocycles. The van der Waals surface area contributed by atoms with Gasteiger partial charge in [0.25, 0.3) is 0 Å². The molecule has 2 N–H and O–H groups in total. The molecule has 0 saturated heterocycles. The maximum absolute atomic E-state index is 9.01. The molecule has 1 aliphatic rings. The normalized spacial score (nSPS) is 21.4. The summed E-state index contributed by atoms with van der Waals surface area (Å²) >= 11 is 6.13. The molecule has 82 valence electrons. The summed E-state index contributed by atoms with van der Waals surface area (Å²) in [5.41, 5.74) is 2.56. The molecule has 2 rings (SSSR count). The quantitative estimate of drug-likeness (QED) is 0.828. The zero-order valence-electron chi connectivity index (χ0n) is 8.83. The zero-order chi connectivity index (χ0) is 10.8. The minimum Gasteiger partial charge on any atom is -0.395 e. The van der Waals surface area contributed by atoms with Gasteiger partial charge in [0.05, 0.1) is 6.61 Å². The zero-order valence-corrected chi connectivity index (χ0v) is 9.59. The van der Waals surface area contributed by atoms with Gasteiger partial charge in [0.15, 0.2) is 0 Å². The van der Waals surface area contributed by atoms with E-state index in [0.29, 0.717) is 6.04 Å². The third-order valence-electron chi connectivity index (χ3n) is 2.97. The minimum absolute atomic E-state index is 0.139. The second kappa shape index (κ2) is 4.52. The third kappa shape index (κ3) is 2.17. The minimum atomic E-state index is 0.139. The van der Waals surface area contributed by atoms with Gasteiger partial charge in [0.2, 0.25) is 0 Å². The predicted molar refractivity (Wildman–Crippen MR) is 62.2 cm³/mol. The predicted octanol–water partition coefficient (Wildman–Crippen LogP) is 2.30. The largest absolute Gasteiger partial charge is 0.395 e. The summed E-state index contributed by atoms with van der Waals surface area (Å²) in [5, 5.41) is 13.3. The van der Waals surface area contributed by atoms with E-state index in [1.54, 1.807) is 0 Å². The van der Waals surface area contributed by atoms with Gasteiger partial charge in [-0.2, -0.15) is 0 Å². The fraction of sp³-hybridized carbons (Fsp3) is 0.500. The van der Waals surface area contributed by atoms with Crippen LogP contribution in [0.15, 0.2) is 18.2 Å². The van der Waals surface area contributed by atoms with Crippen LogP contribution in [0.3, 0.4) is 0 Å². The van der Waals surface area contributed by atoms with E-state index in [4.69, 9.17) is 16.7 Å². The summed E-state index contributed by atoms with van der Waals surface area (Å²) in [5.74, 6) is 0. The highest BCUT2D eigenvalue weighted by atomic mass is 35.5. The van der Waals surface area contributed by atoms with Crippen LogP contribution in [0.4, 0.5) is 0 Å². The van der Waals surface area contributed by atoms with Crippen molar-refractivity contribution in [3.8, 4) is 0 Å². The van der Waals surface area contributed by atoms with Crippen LogP contribution in [0.1, 0.15) is 30.5 Å². The molecule has 0 aromatic heterocycles. The van der Waals surface area contributed by atoms with E-state index in [2.05, 4.69) is 11.4 Å². The lowest BCUT2D eigenvalue weighted by molar-refractivity contribution is 0.240. The van der Waals surface area contributed by atoms with Crippen molar-refractivity contribution in [3.63, 3.8) is 0 Å². The molecule has 0 saturated carbocycles. The van der Waals surface area contributed by atoms with Crippen molar-refractivity contribution in [2.45, 2.75) is 31.8 Å². The van der Waals surface area contributed by atoms with E-state index in [9.17, 15) is 0 Å². The first-order chi connectivity index (χ1) is 7.22. The molecule has 0 bridgehead atoms. The SMILES string of the molecule is C[C@@H](CO)NC1CCc2c(Cl)cccc21. The number of fused-ring (bicyclic) bond motifs is 1. The van der Waals surface area contributed by atoms with Crippen LogP contribution >= 0.6 is 11.6 Å². The molecular formula is C12H16ClNO. The highest BCUT2D eigenvalue weighted by Crippen LogP contribution is 2.35. The number of benzene rings is 1. The molecule has 0 fully saturated rings. The van der Waals surface area contributed by atoms with E-state index in [1.165, 1.54) is 11.1 Å². The van der Waals surface area contributed by atoms with Crippen molar-refractivity contribution in [1.82, 2.24) is 5.32 Å². The van der Waals surface area contributed by atoms with Crippen molar-refractivity contribution in [2.24, 2.45) is 0 Å². The number of hydrogen-bond donors (Lipinski definition) is 2. The summed E-state index contributed by atoms with van der Waals surface area (Å²) in [6, 6.07) is 6.54. The van der Waals surface area contributed by atoms with Crippen LogP contribution in [-0.2, 0) is 6.42 Å². The molecule has 1 aliphatic carbocycles. The molecule has 15 heavy (non-hydrogen) atoms. The highest BCUT2D eigenvalue weighted by molar-refractivity contribution is 6.31. The molecule has 1 aromatic rings. The van der Waals surface area contributed by atoms with Crippen molar-refractivity contribution in [2.75, 3.05) is 6.61 Å². The van der Waals surface area contributed by atoms with Crippen LogP contribution < -0.4 is 5.32 Å². The lowest BCUT2D eigenvalue weighted by Gasteiger charge is -2.18. The molecule has 0 spiro atoms. The summed E-state index contributed by atoms with van der Waals surface area (Å²) in [6.07, 6.45) is 2.11. The molecule has 3 heteroatoms. The first kappa shape index (κ1) is 10.9. The number of nitrogens with one attached hydrogen (secondary N) is 1. The maximum Gasteiger partial charge on any atom is 0.0582 e. The van der Waals surface area contributed by atoms with Gasteiger partial charge in [-0.3, -0.25) is 0 Å². The van der Waals surface area contributed by atoms with E-state index in [1.807, 2.05) is 19.1 Å². The maximum atomic E-state index is 9.01. The highest BCUT2D eigenvalue weighted by Gasteiger charge is 2.24. The number of aliphatic hydroxyl groups is 1. The van der Waals surface area contributed by atoms with Crippen LogP contribution in [0.2, 0.25) is 5.02 Å². The van der Waals surface area contributed by atoms with Gasteiger partial charge in [0, 0.05) is 17.1 Å². The van der Waals surface area contributed by atoms with Gasteiger partial charge < -0.3 is 10.4 Å². The van der Waals surface area contributed by atoms with Gasteiger partial charge in [-0.1, -0.05) is 23.7 Å². The smallest absolute Gasteiger partial charge is 0.0582 e. The fourth-order valence-electron chi connectivity index (χ4n) is 2.18. The van der Waals surface area contributed by atoms with Crippen LogP contribution in [0.25, 0.3) is 0 Å². The Morgan fingerprint density at radius 1 is 1.60 bits per heavy atom. The summed E-state index contributed by atoms with van der Waals surface area (Å²) in [6.45, 7) is 2.16. The van der Waals surface area contributed by atoms with Crippen molar-refractivity contribution >= 4 is 11.6 Å². The second-order valence-corrected chi connectivity index (χ2v) is 4.56. The van der Waals surface area contributed by atoms with Crippen LogP contribution in [-0.4, -0.2) is 17.8 Å². The monoisotopic (exact) mass is 225 g/mol. The van der Waals surface area contributed by atoms with Crippen molar-refractivity contribution in [3.05, 3.63) is 34.3 Å². The Morgan fingerprint density at radius 3 is 3.13 bits per heavy atom. The Labute approximate surface area is 95.3 Å². The Hall–Kier alpha value is -0.570. The molecule has 1 unspecified atom stereocenters. The van der Waals surface area contributed by atoms with Crippen LogP contribution in [0.5, 0.6) is 0 Å². The number of halogens is 1. The molecular weight excluding hydrogens is 210 g/mol. The van der Waals surface area contributed by atoms with Crippen LogP contribution in [0, 0.1) is 0 Å². The van der Waals surface area contributed by atoms with E-state index in [0.717, 1.165) is 17.9 Å². The molecule has 0 radical (unpaired) electrons. The van der Waals surface area contributed by atoms with Gasteiger partial charge in [0.1, 0.15) is 0 Å². The molecule has 0 aliphatic heterocycles. The summed E-state index contributed by atoms with van der Waals surface area (Å²) in [4.78, 5) is 0. The molecule has 2 nitrogen and oxygen atoms in total.